The fourth-order valence-corrected chi connectivity index (χ4v) is 1.66. The molecule has 0 radical (unpaired) electrons. The van der Waals surface area contributed by atoms with Crippen LogP contribution in [0.1, 0.15) is 26.7 Å². The molecular weight excluding hydrogens is 430 g/mol. The minimum atomic E-state index is -7.89. The summed E-state index contributed by atoms with van der Waals surface area (Å²) in [7, 11) is 0. The smallest absolute Gasteiger partial charge is 0.254 e. The highest BCUT2D eigenvalue weighted by molar-refractivity contribution is 5.06. The van der Waals surface area contributed by atoms with Crippen LogP contribution in [-0.4, -0.2) is 36.8 Å². The van der Waals surface area contributed by atoms with Gasteiger partial charge in [0.2, 0.25) is 0 Å². The van der Waals surface area contributed by atoms with Crippen molar-refractivity contribution in [3.8, 4) is 0 Å². The van der Waals surface area contributed by atoms with Crippen LogP contribution in [0.15, 0.2) is 0 Å². The number of rotatable bonds is 8. The molecule has 164 valence electrons. The van der Waals surface area contributed by atoms with Crippen LogP contribution in [0.3, 0.4) is 0 Å². The van der Waals surface area contributed by atoms with E-state index in [0.29, 0.717) is 0 Å². The van der Waals surface area contributed by atoms with E-state index in [1.54, 1.807) is 0 Å². The van der Waals surface area contributed by atoms with Gasteiger partial charge in [-0.2, -0.15) is 61.5 Å². The van der Waals surface area contributed by atoms with Crippen molar-refractivity contribution in [2.24, 2.45) is 5.41 Å². The summed E-state index contributed by atoms with van der Waals surface area (Å²) in [6.07, 6.45) is -45.5. The van der Waals surface area contributed by atoms with Gasteiger partial charge in [-0.1, -0.05) is 13.8 Å². The fourth-order valence-electron chi connectivity index (χ4n) is 1.66. The molecule has 0 rings (SSSR count). The van der Waals surface area contributed by atoms with Gasteiger partial charge in [-0.3, -0.25) is 9.47 Å². The van der Waals surface area contributed by atoms with Gasteiger partial charge in [0.15, 0.2) is 0 Å². The summed E-state index contributed by atoms with van der Waals surface area (Å²) in [6.45, 7) is 0.498. The Balaban J connectivity index is 6.94. The van der Waals surface area contributed by atoms with Gasteiger partial charge in [0, 0.05) is 12.8 Å². The molecule has 27 heavy (non-hydrogen) atoms. The van der Waals surface area contributed by atoms with Gasteiger partial charge in [-0.15, -0.1) is 0 Å². The first kappa shape index (κ1) is 25.9. The largest absolute Gasteiger partial charge is 0.420 e. The maximum absolute atomic E-state index is 13.6. The standard InChI is InChI=1S/C11H10F14O2/c1-3-5(12,13)26-10(22,23)7(8(16,17)18,9(19,20)21)11(24,25)27-6(14,15)4-2/h3-4H2,1-2H3. The molecule has 0 fully saturated rings. The molecular formula is C11H10F14O2. The molecule has 0 atom stereocenters. The van der Waals surface area contributed by atoms with Crippen molar-refractivity contribution in [1.82, 2.24) is 0 Å². The number of alkyl halides is 14. The highest BCUT2D eigenvalue weighted by Gasteiger charge is 2.95. The number of hydrogen-bond acceptors (Lipinski definition) is 2. The van der Waals surface area contributed by atoms with Gasteiger partial charge in [0.05, 0.1) is 0 Å². The Morgan fingerprint density at radius 2 is 0.704 bits per heavy atom. The Kier molecular flexibility index (Phi) is 6.80. The Labute approximate surface area is 141 Å². The van der Waals surface area contributed by atoms with Crippen molar-refractivity contribution in [1.29, 1.82) is 0 Å². The van der Waals surface area contributed by atoms with Gasteiger partial charge in [-0.25, -0.2) is 0 Å². The first-order valence-electron chi connectivity index (χ1n) is 6.58. The summed E-state index contributed by atoms with van der Waals surface area (Å²) < 4.78 is 188. The number of halogens is 14. The van der Waals surface area contributed by atoms with Crippen molar-refractivity contribution in [3.05, 3.63) is 0 Å². The summed E-state index contributed by atoms with van der Waals surface area (Å²) in [5, 5.41) is 0. The molecule has 0 amide bonds. The van der Waals surface area contributed by atoms with E-state index in [2.05, 4.69) is 9.47 Å². The maximum Gasteiger partial charge on any atom is 0.420 e. The lowest BCUT2D eigenvalue weighted by Crippen LogP contribution is -2.72. The van der Waals surface area contributed by atoms with E-state index in [0.717, 1.165) is 0 Å². The lowest BCUT2D eigenvalue weighted by molar-refractivity contribution is -0.567. The molecule has 0 N–H and O–H groups in total. The second-order valence-electron chi connectivity index (χ2n) is 4.96. The van der Waals surface area contributed by atoms with Crippen LogP contribution < -0.4 is 0 Å². The van der Waals surface area contributed by atoms with Crippen molar-refractivity contribution in [3.63, 3.8) is 0 Å². The summed E-state index contributed by atoms with van der Waals surface area (Å²) in [5.74, 6) is 0. The van der Waals surface area contributed by atoms with Crippen LogP contribution in [0.2, 0.25) is 0 Å². The Morgan fingerprint density at radius 3 is 0.852 bits per heavy atom. The molecule has 16 heteroatoms. The zero-order chi connectivity index (χ0) is 22.3. The van der Waals surface area contributed by atoms with Crippen LogP contribution in [0.5, 0.6) is 0 Å². The van der Waals surface area contributed by atoms with Gasteiger partial charge < -0.3 is 0 Å². The predicted molar refractivity (Wildman–Crippen MR) is 57.1 cm³/mol. The SMILES string of the molecule is CCC(F)(F)OC(F)(F)C(C(F)(F)F)(C(F)(F)F)C(F)(F)OC(F)(F)CC. The second-order valence-corrected chi connectivity index (χ2v) is 4.96. The summed E-state index contributed by atoms with van der Waals surface area (Å²) in [6, 6.07) is 0. The lowest BCUT2D eigenvalue weighted by atomic mass is 9.82. The average molecular weight is 440 g/mol. The summed E-state index contributed by atoms with van der Waals surface area (Å²) >= 11 is 0. The third kappa shape index (κ3) is 4.68. The Morgan fingerprint density at radius 1 is 0.481 bits per heavy atom. The van der Waals surface area contributed by atoms with Gasteiger partial charge in [-0.05, 0) is 0 Å². The maximum atomic E-state index is 13.6. The minimum absolute atomic E-state index is 0.249. The molecule has 0 aromatic heterocycles. The fraction of sp³-hybridized carbons (Fsp3) is 1.00. The number of hydrogen-bond donors (Lipinski definition) is 0. The monoisotopic (exact) mass is 440 g/mol. The third-order valence-corrected chi connectivity index (χ3v) is 3.10. The molecule has 0 aliphatic rings. The van der Waals surface area contributed by atoms with E-state index in [1.807, 2.05) is 0 Å². The minimum Gasteiger partial charge on any atom is -0.254 e. The number of ether oxygens (including phenoxy) is 2. The molecule has 0 bridgehead atoms. The van der Waals surface area contributed by atoms with Crippen LogP contribution >= 0.6 is 0 Å². The Bertz CT molecular complexity index is 460. The van der Waals surface area contributed by atoms with Gasteiger partial charge in [0.1, 0.15) is 0 Å². The lowest BCUT2D eigenvalue weighted by Gasteiger charge is -2.45. The molecule has 0 heterocycles. The Hall–Kier alpha value is -1.06. The quantitative estimate of drug-likeness (QED) is 0.412. The predicted octanol–water partition coefficient (Wildman–Crippen LogP) is 6.32. The molecule has 0 aliphatic carbocycles. The topological polar surface area (TPSA) is 18.5 Å². The van der Waals surface area contributed by atoms with Crippen molar-refractivity contribution >= 4 is 0 Å². The normalized spacial score (nSPS) is 16.0. The second kappa shape index (κ2) is 7.08. The van der Waals surface area contributed by atoms with E-state index in [1.165, 1.54) is 0 Å². The molecule has 0 saturated carbocycles. The van der Waals surface area contributed by atoms with Crippen LogP contribution in [0.4, 0.5) is 61.5 Å². The molecule has 0 aromatic carbocycles. The highest BCUT2D eigenvalue weighted by atomic mass is 19.4. The summed E-state index contributed by atoms with van der Waals surface area (Å²) in [4.78, 5) is 0. The average Bonchev–Trinajstić information content (AvgIpc) is 2.31. The van der Waals surface area contributed by atoms with Crippen LogP contribution in [0.25, 0.3) is 0 Å². The van der Waals surface area contributed by atoms with Crippen molar-refractivity contribution in [2.75, 3.05) is 0 Å². The molecule has 2 nitrogen and oxygen atoms in total. The molecule has 0 spiro atoms. The van der Waals surface area contributed by atoms with Crippen LogP contribution in [0, 0.1) is 5.41 Å². The van der Waals surface area contributed by atoms with E-state index in [4.69, 9.17) is 0 Å². The van der Waals surface area contributed by atoms with Crippen molar-refractivity contribution in [2.45, 2.75) is 63.5 Å². The highest BCUT2D eigenvalue weighted by Crippen LogP contribution is 2.67. The van der Waals surface area contributed by atoms with Crippen LogP contribution in [-0.2, 0) is 9.47 Å². The zero-order valence-corrected chi connectivity index (χ0v) is 13.0. The van der Waals surface area contributed by atoms with Gasteiger partial charge >= 0.3 is 42.2 Å². The molecule has 0 aliphatic heterocycles. The van der Waals surface area contributed by atoms with E-state index >= 15 is 0 Å². The van der Waals surface area contributed by atoms with E-state index in [9.17, 15) is 61.5 Å². The van der Waals surface area contributed by atoms with E-state index in [-0.39, 0.29) is 13.8 Å². The van der Waals surface area contributed by atoms with E-state index < -0.39 is 55.0 Å². The summed E-state index contributed by atoms with van der Waals surface area (Å²) in [5.41, 5.74) is -7.89. The first-order chi connectivity index (χ1) is 11.5. The van der Waals surface area contributed by atoms with Crippen molar-refractivity contribution < 1.29 is 70.9 Å². The van der Waals surface area contributed by atoms with Gasteiger partial charge in [0.25, 0.3) is 0 Å². The molecule has 0 aromatic rings. The molecule has 0 unspecified atom stereocenters. The zero-order valence-electron chi connectivity index (χ0n) is 13.0. The molecule has 0 saturated heterocycles. The first-order valence-corrected chi connectivity index (χ1v) is 6.58. The third-order valence-electron chi connectivity index (χ3n) is 3.10.